The number of halogens is 1. The lowest BCUT2D eigenvalue weighted by Crippen LogP contribution is -1.82. The van der Waals surface area contributed by atoms with Gasteiger partial charge in [-0.25, -0.2) is 0 Å². The maximum Gasteiger partial charge on any atom is 0.142 e. The predicted molar refractivity (Wildman–Crippen MR) is 57.0 cm³/mol. The van der Waals surface area contributed by atoms with Crippen molar-refractivity contribution >= 4 is 22.4 Å². The Morgan fingerprint density at radius 1 is 1.00 bits per heavy atom. The fourth-order valence-electron chi connectivity index (χ4n) is 1.50. The largest absolute Gasteiger partial charge is 0.507 e. The Bertz CT molecular complexity index is 460. The van der Waals surface area contributed by atoms with Crippen molar-refractivity contribution in [2.45, 2.75) is 6.92 Å². The lowest BCUT2D eigenvalue weighted by Gasteiger charge is -2.09. The summed E-state index contributed by atoms with van der Waals surface area (Å²) in [5.41, 5.74) is 0.503. The molecule has 72 valence electrons. The van der Waals surface area contributed by atoms with Crippen LogP contribution in [0.15, 0.2) is 24.3 Å². The molecule has 0 saturated heterocycles. The molecule has 0 unspecified atom stereocenters. The minimum atomic E-state index is 0.0255. The highest BCUT2D eigenvalue weighted by atomic mass is 35.5. The Kier molecular flexibility index (Phi) is 2.01. The Morgan fingerprint density at radius 2 is 1.50 bits per heavy atom. The van der Waals surface area contributed by atoms with Crippen molar-refractivity contribution in [2.75, 3.05) is 0 Å². The second kappa shape index (κ2) is 3.07. The van der Waals surface area contributed by atoms with Gasteiger partial charge in [-0.3, -0.25) is 0 Å². The Balaban J connectivity index is 3.02. The van der Waals surface area contributed by atoms with E-state index in [1.165, 1.54) is 0 Å². The van der Waals surface area contributed by atoms with Gasteiger partial charge >= 0.3 is 0 Å². The van der Waals surface area contributed by atoms with Crippen molar-refractivity contribution in [1.82, 2.24) is 0 Å². The average molecular weight is 209 g/mol. The van der Waals surface area contributed by atoms with Crippen LogP contribution < -0.4 is 0 Å². The first-order chi connectivity index (χ1) is 6.63. The maximum absolute atomic E-state index is 9.77. The molecule has 0 aromatic heterocycles. The first-order valence-electron chi connectivity index (χ1n) is 4.21. The smallest absolute Gasteiger partial charge is 0.142 e. The summed E-state index contributed by atoms with van der Waals surface area (Å²) in [5.74, 6) is 0.154. The van der Waals surface area contributed by atoms with Gasteiger partial charge in [0.2, 0.25) is 0 Å². The third-order valence-corrected chi connectivity index (χ3v) is 2.79. The number of hydrogen-bond acceptors (Lipinski definition) is 2. The van der Waals surface area contributed by atoms with Gasteiger partial charge in [0.05, 0.1) is 5.02 Å². The molecule has 2 aromatic carbocycles. The topological polar surface area (TPSA) is 40.5 Å². The predicted octanol–water partition coefficient (Wildman–Crippen LogP) is 3.21. The van der Waals surface area contributed by atoms with Crippen molar-refractivity contribution in [3.05, 3.63) is 34.9 Å². The number of phenolic OH excluding ortho intramolecular Hbond substituents is 2. The number of fused-ring (bicyclic) bond motifs is 1. The summed E-state index contributed by atoms with van der Waals surface area (Å²) >= 11 is 5.85. The normalized spacial score (nSPS) is 10.7. The van der Waals surface area contributed by atoms with E-state index in [1.807, 2.05) is 0 Å². The van der Waals surface area contributed by atoms with Gasteiger partial charge in [0.15, 0.2) is 0 Å². The zero-order valence-corrected chi connectivity index (χ0v) is 8.34. The lowest BCUT2D eigenvalue weighted by molar-refractivity contribution is 0.466. The average Bonchev–Trinajstić information content (AvgIpc) is 2.23. The van der Waals surface area contributed by atoms with Gasteiger partial charge in [0.1, 0.15) is 11.5 Å². The van der Waals surface area contributed by atoms with Crippen molar-refractivity contribution in [3.63, 3.8) is 0 Å². The molecule has 0 radical (unpaired) electrons. The van der Waals surface area contributed by atoms with Crippen LogP contribution in [0.1, 0.15) is 5.56 Å². The van der Waals surface area contributed by atoms with E-state index in [2.05, 4.69) is 0 Å². The molecule has 2 aromatic rings. The van der Waals surface area contributed by atoms with E-state index < -0.39 is 0 Å². The monoisotopic (exact) mass is 208 g/mol. The summed E-state index contributed by atoms with van der Waals surface area (Å²) in [4.78, 5) is 0. The summed E-state index contributed by atoms with van der Waals surface area (Å²) in [6.07, 6.45) is 0. The quantitative estimate of drug-likeness (QED) is 0.653. The van der Waals surface area contributed by atoms with Gasteiger partial charge in [-0.1, -0.05) is 35.9 Å². The summed E-state index contributed by atoms with van der Waals surface area (Å²) in [7, 11) is 0. The van der Waals surface area contributed by atoms with Crippen molar-refractivity contribution in [2.24, 2.45) is 0 Å². The third kappa shape index (κ3) is 1.11. The Labute approximate surface area is 86.4 Å². The molecule has 0 aliphatic rings. The number of rotatable bonds is 0. The Hall–Kier alpha value is -1.41. The molecular weight excluding hydrogens is 200 g/mol. The van der Waals surface area contributed by atoms with Crippen LogP contribution >= 0.6 is 11.6 Å². The molecule has 0 heterocycles. The number of aromatic hydroxyl groups is 2. The molecule has 3 heteroatoms. The van der Waals surface area contributed by atoms with Crippen molar-refractivity contribution < 1.29 is 10.2 Å². The van der Waals surface area contributed by atoms with E-state index in [1.54, 1.807) is 31.2 Å². The van der Waals surface area contributed by atoms with E-state index in [4.69, 9.17) is 11.6 Å². The van der Waals surface area contributed by atoms with E-state index in [0.29, 0.717) is 16.3 Å². The third-order valence-electron chi connectivity index (χ3n) is 2.33. The van der Waals surface area contributed by atoms with Gasteiger partial charge in [-0.2, -0.15) is 0 Å². The van der Waals surface area contributed by atoms with Gasteiger partial charge in [0.25, 0.3) is 0 Å². The number of phenols is 2. The molecule has 0 amide bonds. The molecule has 0 aliphatic carbocycles. The molecule has 2 rings (SSSR count). The van der Waals surface area contributed by atoms with E-state index >= 15 is 0 Å². The van der Waals surface area contributed by atoms with Crippen LogP contribution in [0.4, 0.5) is 0 Å². The highest BCUT2D eigenvalue weighted by molar-refractivity contribution is 6.34. The van der Waals surface area contributed by atoms with E-state index in [0.717, 1.165) is 0 Å². The zero-order chi connectivity index (χ0) is 10.3. The molecule has 2 nitrogen and oxygen atoms in total. The molecule has 0 bridgehead atoms. The molecule has 14 heavy (non-hydrogen) atoms. The van der Waals surface area contributed by atoms with Gasteiger partial charge < -0.3 is 10.2 Å². The molecule has 0 fully saturated rings. The Morgan fingerprint density at radius 3 is 2.07 bits per heavy atom. The second-order valence-electron chi connectivity index (χ2n) is 3.18. The van der Waals surface area contributed by atoms with Crippen LogP contribution in [0.25, 0.3) is 10.8 Å². The van der Waals surface area contributed by atoms with Crippen LogP contribution in [0.2, 0.25) is 5.02 Å². The molecule has 0 spiro atoms. The molecular formula is C11H9ClO2. The summed E-state index contributed by atoms with van der Waals surface area (Å²) in [6.45, 7) is 1.67. The molecule has 0 atom stereocenters. The molecule has 2 N–H and O–H groups in total. The second-order valence-corrected chi connectivity index (χ2v) is 3.56. The summed E-state index contributed by atoms with van der Waals surface area (Å²) in [6, 6.07) is 7.05. The van der Waals surface area contributed by atoms with Crippen LogP contribution in [0.5, 0.6) is 11.5 Å². The fraction of sp³-hybridized carbons (Fsp3) is 0.0909. The minimum Gasteiger partial charge on any atom is -0.507 e. The van der Waals surface area contributed by atoms with E-state index in [-0.39, 0.29) is 16.5 Å². The number of hydrogen-bond donors (Lipinski definition) is 2. The van der Waals surface area contributed by atoms with Gasteiger partial charge in [-0.05, 0) is 6.92 Å². The van der Waals surface area contributed by atoms with Crippen molar-refractivity contribution in [1.29, 1.82) is 0 Å². The highest BCUT2D eigenvalue weighted by Crippen LogP contribution is 2.41. The first-order valence-corrected chi connectivity index (χ1v) is 4.59. The summed E-state index contributed by atoms with van der Waals surface area (Å²) < 4.78 is 0. The van der Waals surface area contributed by atoms with Gasteiger partial charge in [-0.15, -0.1) is 0 Å². The zero-order valence-electron chi connectivity index (χ0n) is 7.58. The molecule has 0 saturated carbocycles. The SMILES string of the molecule is Cc1c(Cl)c(O)c2ccccc2c1O. The standard InChI is InChI=1S/C11H9ClO2/c1-6-9(12)11(14)8-5-3-2-4-7(8)10(6)13/h2-5,13-14H,1H3. The highest BCUT2D eigenvalue weighted by Gasteiger charge is 2.13. The van der Waals surface area contributed by atoms with Crippen LogP contribution in [0.3, 0.4) is 0 Å². The van der Waals surface area contributed by atoms with Crippen LogP contribution in [-0.4, -0.2) is 10.2 Å². The minimum absolute atomic E-state index is 0.0255. The summed E-state index contributed by atoms with van der Waals surface area (Å²) in [5, 5.41) is 20.9. The van der Waals surface area contributed by atoms with E-state index in [9.17, 15) is 10.2 Å². The maximum atomic E-state index is 9.77. The first kappa shape index (κ1) is 9.16. The van der Waals surface area contributed by atoms with Crippen LogP contribution in [-0.2, 0) is 0 Å². The van der Waals surface area contributed by atoms with Gasteiger partial charge in [0, 0.05) is 16.3 Å². The van der Waals surface area contributed by atoms with Crippen LogP contribution in [0, 0.1) is 6.92 Å². The fourth-order valence-corrected chi connectivity index (χ4v) is 1.69. The molecule has 0 aliphatic heterocycles. The number of benzene rings is 2. The lowest BCUT2D eigenvalue weighted by atomic mass is 10.0. The van der Waals surface area contributed by atoms with Crippen molar-refractivity contribution in [3.8, 4) is 11.5 Å².